The molecule has 0 saturated carbocycles. The number of nitrogens with one attached hydrogen (secondary N) is 1. The summed E-state index contributed by atoms with van der Waals surface area (Å²) in [6.07, 6.45) is 1.92. The largest absolute Gasteiger partial charge is 0.378 e. The van der Waals surface area contributed by atoms with Crippen LogP contribution in [-0.2, 0) is 10.0 Å². The fourth-order valence-corrected chi connectivity index (χ4v) is 5.12. The summed E-state index contributed by atoms with van der Waals surface area (Å²) in [5, 5.41) is 3.13. The molecule has 0 radical (unpaired) electrons. The lowest BCUT2D eigenvalue weighted by molar-refractivity contribution is 0.101. The predicted octanol–water partition coefficient (Wildman–Crippen LogP) is 4.02. The molecule has 1 N–H and O–H groups in total. The van der Waals surface area contributed by atoms with Gasteiger partial charge < -0.3 is 5.32 Å². The number of hydrogen-bond acceptors (Lipinski definition) is 4. The van der Waals surface area contributed by atoms with Crippen molar-refractivity contribution >= 4 is 21.5 Å². The minimum atomic E-state index is -3.57. The molecular formula is C22H28N2O3S. The van der Waals surface area contributed by atoms with Crippen LogP contribution in [0.2, 0.25) is 0 Å². The van der Waals surface area contributed by atoms with Gasteiger partial charge in [-0.25, -0.2) is 8.42 Å². The van der Waals surface area contributed by atoms with Crippen molar-refractivity contribution in [2.24, 2.45) is 5.92 Å². The van der Waals surface area contributed by atoms with Crippen LogP contribution in [0.15, 0.2) is 47.4 Å². The lowest BCUT2D eigenvalue weighted by atomic mass is 10.0. The number of aryl methyl sites for hydroxylation is 2. The van der Waals surface area contributed by atoms with Crippen molar-refractivity contribution in [3.63, 3.8) is 0 Å². The van der Waals surface area contributed by atoms with Gasteiger partial charge in [0.2, 0.25) is 10.0 Å². The third-order valence-corrected chi connectivity index (χ3v) is 7.23. The zero-order chi connectivity index (χ0) is 20.3. The maximum atomic E-state index is 13.0. The molecule has 3 rings (SSSR count). The first-order valence-corrected chi connectivity index (χ1v) is 11.2. The summed E-state index contributed by atoms with van der Waals surface area (Å²) in [5.74, 6) is 0.220. The lowest BCUT2D eigenvalue weighted by Gasteiger charge is -2.30. The minimum Gasteiger partial charge on any atom is -0.378 e. The second-order valence-electron chi connectivity index (χ2n) is 7.71. The van der Waals surface area contributed by atoms with Gasteiger partial charge in [-0.2, -0.15) is 4.31 Å². The Morgan fingerprint density at radius 1 is 1.14 bits per heavy atom. The number of sulfonamides is 1. The van der Waals surface area contributed by atoms with Gasteiger partial charge in [0, 0.05) is 24.3 Å². The van der Waals surface area contributed by atoms with Gasteiger partial charge in [-0.3, -0.25) is 4.79 Å². The van der Waals surface area contributed by atoms with E-state index in [-0.39, 0.29) is 17.2 Å². The molecule has 5 nitrogen and oxygen atoms in total. The first-order valence-electron chi connectivity index (χ1n) is 9.72. The third-order valence-electron chi connectivity index (χ3n) is 5.37. The Labute approximate surface area is 167 Å². The van der Waals surface area contributed by atoms with E-state index in [0.717, 1.165) is 24.1 Å². The zero-order valence-electron chi connectivity index (χ0n) is 16.7. The second kappa shape index (κ2) is 8.45. The lowest BCUT2D eigenvalue weighted by Crippen LogP contribution is -2.39. The molecule has 0 bridgehead atoms. The van der Waals surface area contributed by atoms with Crippen molar-refractivity contribution in [3.05, 3.63) is 59.2 Å². The van der Waals surface area contributed by atoms with Crippen LogP contribution in [-0.4, -0.2) is 38.1 Å². The van der Waals surface area contributed by atoms with E-state index in [1.807, 2.05) is 32.0 Å². The topological polar surface area (TPSA) is 66.5 Å². The van der Waals surface area contributed by atoms with E-state index < -0.39 is 10.0 Å². The average molecular weight is 401 g/mol. The Bertz CT molecular complexity index is 969. The van der Waals surface area contributed by atoms with Gasteiger partial charge in [0.15, 0.2) is 5.78 Å². The number of ketones is 1. The van der Waals surface area contributed by atoms with Gasteiger partial charge in [0.05, 0.1) is 11.4 Å². The molecule has 28 heavy (non-hydrogen) atoms. The van der Waals surface area contributed by atoms with E-state index in [1.165, 1.54) is 15.9 Å². The normalized spacial score (nSPS) is 18.0. The highest BCUT2D eigenvalue weighted by molar-refractivity contribution is 7.89. The molecule has 1 saturated heterocycles. The molecule has 0 spiro atoms. The smallest absolute Gasteiger partial charge is 0.243 e. The van der Waals surface area contributed by atoms with Crippen molar-refractivity contribution in [1.29, 1.82) is 0 Å². The first-order chi connectivity index (χ1) is 13.3. The van der Waals surface area contributed by atoms with Crippen molar-refractivity contribution in [1.82, 2.24) is 4.31 Å². The number of nitrogens with zero attached hydrogens (tertiary/aromatic N) is 1. The number of Topliss-reactive ketones (excluding diaryl/α,β-unsaturated/α-hetero) is 1. The SMILES string of the molecule is Cc1ccc(NCC(=O)c2cccc(S(=O)(=O)N3CCCC(C)C3)c2)cc1C. The summed E-state index contributed by atoms with van der Waals surface area (Å²) in [6.45, 7) is 7.33. The van der Waals surface area contributed by atoms with Crippen molar-refractivity contribution in [2.75, 3.05) is 25.0 Å². The molecule has 1 aliphatic rings. The summed E-state index contributed by atoms with van der Waals surface area (Å²) >= 11 is 0. The van der Waals surface area contributed by atoms with Gasteiger partial charge in [-0.1, -0.05) is 25.1 Å². The molecule has 6 heteroatoms. The van der Waals surface area contributed by atoms with Crippen LogP contribution in [0.4, 0.5) is 5.69 Å². The minimum absolute atomic E-state index is 0.118. The van der Waals surface area contributed by atoms with Gasteiger partial charge in [-0.15, -0.1) is 0 Å². The number of rotatable bonds is 6. The van der Waals surface area contributed by atoms with E-state index in [9.17, 15) is 13.2 Å². The van der Waals surface area contributed by atoms with E-state index in [2.05, 4.69) is 12.2 Å². The van der Waals surface area contributed by atoms with Crippen molar-refractivity contribution in [3.8, 4) is 0 Å². The maximum Gasteiger partial charge on any atom is 0.243 e. The Morgan fingerprint density at radius 2 is 1.93 bits per heavy atom. The van der Waals surface area contributed by atoms with Crippen LogP contribution in [0.3, 0.4) is 0 Å². The Kier molecular flexibility index (Phi) is 6.20. The highest BCUT2D eigenvalue weighted by Crippen LogP contribution is 2.24. The van der Waals surface area contributed by atoms with E-state index in [1.54, 1.807) is 18.2 Å². The highest BCUT2D eigenvalue weighted by atomic mass is 32.2. The fraction of sp³-hybridized carbons (Fsp3) is 0.409. The fourth-order valence-electron chi connectivity index (χ4n) is 3.48. The highest BCUT2D eigenvalue weighted by Gasteiger charge is 2.29. The number of anilines is 1. The molecule has 1 unspecified atom stereocenters. The first kappa shape index (κ1) is 20.6. The van der Waals surface area contributed by atoms with Crippen LogP contribution in [0.1, 0.15) is 41.3 Å². The standard InChI is InChI=1S/C22H28N2O3S/c1-16-6-5-11-24(15-16)28(26,27)21-8-4-7-19(13-21)22(25)14-23-20-10-9-17(2)18(3)12-20/h4,7-10,12-13,16,23H,5-6,11,14-15H2,1-3H3. The van der Waals surface area contributed by atoms with E-state index in [0.29, 0.717) is 24.6 Å². The Morgan fingerprint density at radius 3 is 2.64 bits per heavy atom. The summed E-state index contributed by atoms with van der Waals surface area (Å²) in [4.78, 5) is 12.8. The van der Waals surface area contributed by atoms with E-state index in [4.69, 9.17) is 0 Å². The van der Waals surface area contributed by atoms with Gasteiger partial charge in [-0.05, 0) is 68.0 Å². The number of benzene rings is 2. The second-order valence-corrected chi connectivity index (χ2v) is 9.65. The molecule has 0 aromatic heterocycles. The zero-order valence-corrected chi connectivity index (χ0v) is 17.6. The van der Waals surface area contributed by atoms with Crippen LogP contribution < -0.4 is 5.32 Å². The molecule has 2 aromatic rings. The number of carbonyl (C=O) groups excluding carboxylic acids is 1. The molecular weight excluding hydrogens is 372 g/mol. The predicted molar refractivity (Wildman–Crippen MR) is 112 cm³/mol. The van der Waals surface area contributed by atoms with Crippen LogP contribution >= 0.6 is 0 Å². The van der Waals surface area contributed by atoms with Gasteiger partial charge in [0.1, 0.15) is 0 Å². The molecule has 2 aromatic carbocycles. The van der Waals surface area contributed by atoms with Crippen LogP contribution in [0.5, 0.6) is 0 Å². The molecule has 0 aliphatic carbocycles. The third kappa shape index (κ3) is 4.62. The quantitative estimate of drug-likeness (QED) is 0.744. The summed E-state index contributed by atoms with van der Waals surface area (Å²) in [6, 6.07) is 12.3. The van der Waals surface area contributed by atoms with Crippen molar-refractivity contribution in [2.45, 2.75) is 38.5 Å². The Balaban J connectivity index is 1.73. The molecule has 1 atom stereocenters. The maximum absolute atomic E-state index is 13.0. The molecule has 1 fully saturated rings. The molecule has 0 amide bonds. The van der Waals surface area contributed by atoms with E-state index >= 15 is 0 Å². The molecule has 1 aliphatic heterocycles. The van der Waals surface area contributed by atoms with Gasteiger partial charge in [0.25, 0.3) is 0 Å². The van der Waals surface area contributed by atoms with Crippen LogP contribution in [0, 0.1) is 19.8 Å². The van der Waals surface area contributed by atoms with Crippen LogP contribution in [0.25, 0.3) is 0 Å². The molecule has 1 heterocycles. The molecule has 150 valence electrons. The summed E-state index contributed by atoms with van der Waals surface area (Å²) < 4.78 is 27.5. The Hall–Kier alpha value is -2.18. The van der Waals surface area contributed by atoms with Crippen molar-refractivity contribution < 1.29 is 13.2 Å². The van der Waals surface area contributed by atoms with Gasteiger partial charge >= 0.3 is 0 Å². The number of piperidine rings is 1. The summed E-state index contributed by atoms with van der Waals surface area (Å²) in [5.41, 5.74) is 3.63. The average Bonchev–Trinajstić information content (AvgIpc) is 2.68. The number of hydrogen-bond donors (Lipinski definition) is 1. The number of carbonyl (C=O) groups is 1. The summed E-state index contributed by atoms with van der Waals surface area (Å²) in [7, 11) is -3.57. The monoisotopic (exact) mass is 400 g/mol.